The van der Waals surface area contributed by atoms with Gasteiger partial charge in [0.15, 0.2) is 0 Å². The molecule has 0 atom stereocenters. The maximum absolute atomic E-state index is 12.5. The summed E-state index contributed by atoms with van der Waals surface area (Å²) in [5.74, 6) is -0.683. The summed E-state index contributed by atoms with van der Waals surface area (Å²) in [5, 5.41) is 7.57. The molecule has 28 heavy (non-hydrogen) atoms. The van der Waals surface area contributed by atoms with E-state index in [1.54, 1.807) is 24.3 Å². The third-order valence-corrected chi connectivity index (χ3v) is 5.19. The second-order valence-corrected chi connectivity index (χ2v) is 7.28. The lowest BCUT2D eigenvalue weighted by Gasteiger charge is -2.13. The molecule has 0 saturated heterocycles. The number of carbonyl (C=O) groups is 1. The van der Waals surface area contributed by atoms with Crippen LogP contribution in [0.2, 0.25) is 0 Å². The maximum atomic E-state index is 12.5. The summed E-state index contributed by atoms with van der Waals surface area (Å²) in [6.07, 6.45) is 0. The highest BCUT2D eigenvalue weighted by atomic mass is 32.2. The Kier molecular flexibility index (Phi) is 7.38. The molecule has 0 aliphatic heterocycles. The summed E-state index contributed by atoms with van der Waals surface area (Å²) >= 11 is 0. The zero-order valence-corrected chi connectivity index (χ0v) is 16.9. The highest BCUT2D eigenvalue weighted by Gasteiger charge is 2.22. The van der Waals surface area contributed by atoms with E-state index < -0.39 is 20.9 Å². The monoisotopic (exact) mass is 404 g/mol. The topological polar surface area (TPSA) is 105 Å². The summed E-state index contributed by atoms with van der Waals surface area (Å²) in [6, 6.07) is 12.2. The minimum atomic E-state index is -4.51. The molecule has 0 saturated carbocycles. The first-order chi connectivity index (χ1) is 13.3. The molecule has 0 unspecified atom stereocenters. The predicted molar refractivity (Wildman–Crippen MR) is 107 cm³/mol. The third-order valence-electron chi connectivity index (χ3n) is 4.28. The largest absolute Gasteiger partial charge is 0.304 e. The van der Waals surface area contributed by atoms with Crippen molar-refractivity contribution >= 4 is 27.1 Å². The Morgan fingerprint density at radius 3 is 2.14 bits per heavy atom. The molecule has 0 aliphatic carbocycles. The number of hydrogen-bond acceptors (Lipinski definition) is 6. The molecule has 8 nitrogen and oxygen atoms in total. The van der Waals surface area contributed by atoms with Crippen LogP contribution in [-0.4, -0.2) is 58.4 Å². The van der Waals surface area contributed by atoms with Crippen LogP contribution in [0.25, 0.3) is 11.0 Å². The van der Waals surface area contributed by atoms with E-state index in [2.05, 4.69) is 36.0 Å². The van der Waals surface area contributed by atoms with Crippen LogP contribution in [0.5, 0.6) is 0 Å². The Hall–Kier alpha value is -2.62. The zero-order chi connectivity index (χ0) is 20.7. The van der Waals surface area contributed by atoms with Crippen molar-refractivity contribution in [2.75, 3.05) is 19.6 Å². The molecule has 0 aliphatic rings. The van der Waals surface area contributed by atoms with Gasteiger partial charge >= 0.3 is 0 Å². The normalized spacial score (nSPS) is 11.3. The molecule has 150 valence electrons. The quantitative estimate of drug-likeness (QED) is 0.652. The van der Waals surface area contributed by atoms with Crippen LogP contribution in [0, 0.1) is 0 Å². The van der Waals surface area contributed by atoms with E-state index in [1.807, 2.05) is 0 Å². The van der Waals surface area contributed by atoms with Crippen LogP contribution in [0.3, 0.4) is 0 Å². The summed E-state index contributed by atoms with van der Waals surface area (Å²) in [6.45, 7) is 10.1. The van der Waals surface area contributed by atoms with Gasteiger partial charge < -0.3 is 4.90 Å². The van der Waals surface area contributed by atoms with Crippen LogP contribution in [0.4, 0.5) is 0 Å². The van der Waals surface area contributed by atoms with Gasteiger partial charge in [0.2, 0.25) is 0 Å². The first-order valence-electron chi connectivity index (χ1n) is 8.97. The van der Waals surface area contributed by atoms with Crippen molar-refractivity contribution in [1.82, 2.24) is 19.9 Å². The van der Waals surface area contributed by atoms with Gasteiger partial charge in [0.1, 0.15) is 10.4 Å². The lowest BCUT2D eigenvalue weighted by Crippen LogP contribution is -2.21. The predicted octanol–water partition coefficient (Wildman–Crippen LogP) is 2.71. The Morgan fingerprint density at radius 2 is 1.57 bits per heavy atom. The fourth-order valence-electron chi connectivity index (χ4n) is 2.67. The molecule has 9 heteroatoms. The van der Waals surface area contributed by atoms with Gasteiger partial charge in [0.25, 0.3) is 16.0 Å². The van der Waals surface area contributed by atoms with Gasteiger partial charge in [-0.1, -0.05) is 50.3 Å². The number of fused-ring (bicyclic) bond motifs is 1. The number of para-hydroxylation sites is 1. The van der Waals surface area contributed by atoms with E-state index in [0.717, 1.165) is 10.7 Å². The molecular formula is C19H24N4O4S. The van der Waals surface area contributed by atoms with Crippen LogP contribution < -0.4 is 0 Å². The van der Waals surface area contributed by atoms with Crippen molar-refractivity contribution < 1.29 is 17.8 Å². The molecule has 0 amide bonds. The first-order valence-corrected chi connectivity index (χ1v) is 10.4. The summed E-state index contributed by atoms with van der Waals surface area (Å²) in [4.78, 5) is 14.4. The molecule has 0 bridgehead atoms. The molecule has 0 radical (unpaired) electrons. The first kappa shape index (κ1) is 21.7. The summed E-state index contributed by atoms with van der Waals surface area (Å²) < 4.78 is 32.9. The molecule has 3 rings (SSSR count). The second-order valence-electron chi connectivity index (χ2n) is 5.89. The molecule has 2 aromatic carbocycles. The van der Waals surface area contributed by atoms with Crippen molar-refractivity contribution in [2.45, 2.75) is 25.7 Å². The van der Waals surface area contributed by atoms with Crippen molar-refractivity contribution in [3.05, 3.63) is 54.1 Å². The van der Waals surface area contributed by atoms with Crippen LogP contribution in [0.1, 0.15) is 31.1 Å². The van der Waals surface area contributed by atoms with Crippen molar-refractivity contribution in [1.29, 1.82) is 0 Å². The maximum Gasteiger partial charge on any atom is 0.295 e. The number of aromatic nitrogens is 3. The second kappa shape index (κ2) is 9.54. The minimum absolute atomic E-state index is 0.171. The summed E-state index contributed by atoms with van der Waals surface area (Å²) in [7, 11) is -4.51. The lowest BCUT2D eigenvalue weighted by atomic mass is 10.2. The molecule has 3 aromatic rings. The SMILES string of the molecule is CCN(CC)CC.O=C(c1ccccc1S(=O)(=O)O)n1nnc2ccccc21. The van der Waals surface area contributed by atoms with Crippen molar-refractivity contribution in [3.63, 3.8) is 0 Å². The highest BCUT2D eigenvalue weighted by molar-refractivity contribution is 7.86. The van der Waals surface area contributed by atoms with E-state index in [0.29, 0.717) is 11.0 Å². The number of nitrogens with zero attached hydrogens (tertiary/aromatic N) is 4. The highest BCUT2D eigenvalue weighted by Crippen LogP contribution is 2.18. The van der Waals surface area contributed by atoms with Gasteiger partial charge in [-0.25, -0.2) is 0 Å². The molecule has 0 spiro atoms. The number of hydrogen-bond donors (Lipinski definition) is 1. The Balaban J connectivity index is 0.000000345. The van der Waals surface area contributed by atoms with E-state index in [9.17, 15) is 17.8 Å². The molecule has 1 aromatic heterocycles. The zero-order valence-electron chi connectivity index (χ0n) is 16.1. The average molecular weight is 404 g/mol. The van der Waals surface area contributed by atoms with E-state index >= 15 is 0 Å². The average Bonchev–Trinajstić information content (AvgIpc) is 3.13. The van der Waals surface area contributed by atoms with Crippen LogP contribution in [0.15, 0.2) is 53.4 Å². The van der Waals surface area contributed by atoms with Crippen LogP contribution >= 0.6 is 0 Å². The number of rotatable bonds is 5. The number of benzene rings is 2. The standard InChI is InChI=1S/C13H9N3O4S.C6H15N/c17-13(9-5-1-4-8-12(9)21(18,19)20)16-11-7-3-2-6-10(11)14-15-16;1-4-7(5-2)6-3/h1-8H,(H,18,19,20);4-6H2,1-3H3. The fourth-order valence-corrected chi connectivity index (χ4v) is 3.36. The Labute approximate surface area is 164 Å². The minimum Gasteiger partial charge on any atom is -0.304 e. The molecular weight excluding hydrogens is 380 g/mol. The van der Waals surface area contributed by atoms with Gasteiger partial charge in [0, 0.05) is 0 Å². The molecule has 0 fully saturated rings. The lowest BCUT2D eigenvalue weighted by molar-refractivity contribution is 0.0944. The van der Waals surface area contributed by atoms with Gasteiger partial charge in [-0.05, 0) is 43.9 Å². The van der Waals surface area contributed by atoms with Gasteiger partial charge in [-0.3, -0.25) is 9.35 Å². The summed E-state index contributed by atoms with van der Waals surface area (Å²) in [5.41, 5.74) is 0.790. The van der Waals surface area contributed by atoms with E-state index in [-0.39, 0.29) is 5.56 Å². The Morgan fingerprint density at radius 1 is 1.00 bits per heavy atom. The van der Waals surface area contributed by atoms with Gasteiger partial charge in [-0.2, -0.15) is 13.1 Å². The van der Waals surface area contributed by atoms with Crippen LogP contribution in [-0.2, 0) is 10.1 Å². The smallest absolute Gasteiger partial charge is 0.295 e. The van der Waals surface area contributed by atoms with E-state index in [4.69, 9.17) is 0 Å². The van der Waals surface area contributed by atoms with Gasteiger partial charge in [0.05, 0.1) is 11.1 Å². The molecule has 1 heterocycles. The third kappa shape index (κ3) is 5.00. The Bertz CT molecular complexity index is 1040. The van der Waals surface area contributed by atoms with E-state index in [1.165, 1.54) is 37.8 Å². The van der Waals surface area contributed by atoms with Crippen molar-refractivity contribution in [3.8, 4) is 0 Å². The fraction of sp³-hybridized carbons (Fsp3) is 0.316. The van der Waals surface area contributed by atoms with Crippen molar-refractivity contribution in [2.24, 2.45) is 0 Å². The number of carbonyl (C=O) groups excluding carboxylic acids is 1. The van der Waals surface area contributed by atoms with Gasteiger partial charge in [-0.15, -0.1) is 5.10 Å². The molecule has 1 N–H and O–H groups in total.